The van der Waals surface area contributed by atoms with E-state index in [-0.39, 0.29) is 6.10 Å². The average molecular weight is 335 g/mol. The van der Waals surface area contributed by atoms with Gasteiger partial charge in [-0.2, -0.15) is 0 Å². The van der Waals surface area contributed by atoms with Crippen LogP contribution in [0.1, 0.15) is 25.0 Å². The third-order valence-corrected chi connectivity index (χ3v) is 4.62. The van der Waals surface area contributed by atoms with Crippen LogP contribution in [-0.2, 0) is 15.9 Å². The van der Waals surface area contributed by atoms with Crippen LogP contribution in [0.5, 0.6) is 0 Å². The molecule has 2 fully saturated rings. The Kier molecular flexibility index (Phi) is 6.55. The van der Waals surface area contributed by atoms with Gasteiger partial charge < -0.3 is 24.1 Å². The number of ether oxygens (including phenoxy) is 2. The first-order chi connectivity index (χ1) is 11.8. The molecule has 0 amide bonds. The van der Waals surface area contributed by atoms with E-state index in [1.54, 1.807) is 6.26 Å². The van der Waals surface area contributed by atoms with Crippen molar-refractivity contribution in [1.29, 1.82) is 0 Å². The lowest BCUT2D eigenvalue weighted by Crippen LogP contribution is -2.42. The lowest BCUT2D eigenvalue weighted by Gasteiger charge is -2.25. The highest BCUT2D eigenvalue weighted by Gasteiger charge is 2.20. The van der Waals surface area contributed by atoms with Crippen LogP contribution in [0, 0.1) is 5.92 Å². The van der Waals surface area contributed by atoms with Crippen LogP contribution >= 0.6 is 0 Å². The maximum atomic E-state index is 5.69. The summed E-state index contributed by atoms with van der Waals surface area (Å²) in [5.41, 5.74) is 0. The molecule has 1 N–H and O–H groups in total. The molecule has 1 aromatic heterocycles. The molecule has 0 saturated carbocycles. The van der Waals surface area contributed by atoms with Crippen molar-refractivity contribution in [1.82, 2.24) is 10.2 Å². The molecule has 134 valence electrons. The van der Waals surface area contributed by atoms with Gasteiger partial charge in [0.15, 0.2) is 5.96 Å². The van der Waals surface area contributed by atoms with Crippen molar-refractivity contribution in [2.45, 2.75) is 31.8 Å². The number of nitrogens with zero attached hydrogens (tertiary/aromatic N) is 2. The first-order valence-corrected chi connectivity index (χ1v) is 9.02. The highest BCUT2D eigenvalue weighted by atomic mass is 16.5. The van der Waals surface area contributed by atoms with E-state index in [1.165, 1.54) is 0 Å². The van der Waals surface area contributed by atoms with Crippen molar-refractivity contribution in [3.8, 4) is 0 Å². The minimum Gasteiger partial charge on any atom is -0.469 e. The van der Waals surface area contributed by atoms with Crippen LogP contribution in [0.15, 0.2) is 27.8 Å². The summed E-state index contributed by atoms with van der Waals surface area (Å²) in [6, 6.07) is 3.93. The zero-order chi connectivity index (χ0) is 16.6. The van der Waals surface area contributed by atoms with E-state index in [0.29, 0.717) is 5.92 Å². The number of furan rings is 1. The van der Waals surface area contributed by atoms with Gasteiger partial charge in [0.25, 0.3) is 0 Å². The molecule has 1 aromatic rings. The van der Waals surface area contributed by atoms with Gasteiger partial charge in [-0.15, -0.1) is 0 Å². The zero-order valence-electron chi connectivity index (χ0n) is 14.6. The van der Waals surface area contributed by atoms with E-state index in [2.05, 4.69) is 17.3 Å². The monoisotopic (exact) mass is 335 g/mol. The van der Waals surface area contributed by atoms with Crippen LogP contribution in [0.3, 0.4) is 0 Å². The van der Waals surface area contributed by atoms with Crippen molar-refractivity contribution in [2.24, 2.45) is 10.9 Å². The summed E-state index contributed by atoms with van der Waals surface area (Å²) in [7, 11) is 2.10. The number of nitrogens with one attached hydrogen (secondary N) is 1. The Hall–Kier alpha value is -1.53. The van der Waals surface area contributed by atoms with E-state index in [9.17, 15) is 0 Å². The maximum absolute atomic E-state index is 5.69. The van der Waals surface area contributed by atoms with Gasteiger partial charge in [-0.05, 0) is 31.4 Å². The third-order valence-electron chi connectivity index (χ3n) is 4.62. The SMILES string of the molecule is CN(CC1CCOC1)C(=NCC1CCCO1)NCCc1ccco1. The molecule has 0 aliphatic carbocycles. The summed E-state index contributed by atoms with van der Waals surface area (Å²) in [6.07, 6.45) is 6.24. The van der Waals surface area contributed by atoms with E-state index in [4.69, 9.17) is 18.9 Å². The molecule has 2 saturated heterocycles. The Morgan fingerprint density at radius 1 is 1.38 bits per heavy atom. The maximum Gasteiger partial charge on any atom is 0.193 e. The van der Waals surface area contributed by atoms with Gasteiger partial charge in [0, 0.05) is 45.7 Å². The zero-order valence-corrected chi connectivity index (χ0v) is 14.6. The Labute approximate surface area is 144 Å². The fourth-order valence-electron chi connectivity index (χ4n) is 3.24. The predicted octanol–water partition coefficient (Wildman–Crippen LogP) is 1.92. The minimum absolute atomic E-state index is 0.273. The van der Waals surface area contributed by atoms with Crippen LogP contribution in [0.2, 0.25) is 0 Å². The second kappa shape index (κ2) is 9.08. The van der Waals surface area contributed by atoms with Crippen LogP contribution in [-0.4, -0.2) is 63.5 Å². The predicted molar refractivity (Wildman–Crippen MR) is 93.2 cm³/mol. The largest absolute Gasteiger partial charge is 0.469 e. The van der Waals surface area contributed by atoms with Crippen LogP contribution < -0.4 is 5.32 Å². The molecular formula is C18H29N3O3. The van der Waals surface area contributed by atoms with Crippen molar-refractivity contribution in [3.05, 3.63) is 24.2 Å². The molecule has 3 heterocycles. The van der Waals surface area contributed by atoms with Crippen LogP contribution in [0.25, 0.3) is 0 Å². The Morgan fingerprint density at radius 2 is 2.33 bits per heavy atom. The van der Waals surface area contributed by atoms with E-state index in [0.717, 1.165) is 76.9 Å². The molecule has 6 nitrogen and oxygen atoms in total. The second-order valence-electron chi connectivity index (χ2n) is 6.67. The summed E-state index contributed by atoms with van der Waals surface area (Å²) >= 11 is 0. The van der Waals surface area contributed by atoms with E-state index < -0.39 is 0 Å². The molecule has 3 rings (SSSR count). The molecule has 0 aromatic carbocycles. The standard InChI is InChI=1S/C18H29N3O3/c1-21(13-15-7-11-22-14-15)18(20-12-17-5-3-10-24-17)19-8-6-16-4-2-9-23-16/h2,4,9,15,17H,3,5-8,10-14H2,1H3,(H,19,20). The molecule has 0 spiro atoms. The third kappa shape index (κ3) is 5.24. The van der Waals surface area contributed by atoms with Crippen molar-refractivity contribution in [2.75, 3.05) is 46.5 Å². The molecule has 0 radical (unpaired) electrons. The fourth-order valence-corrected chi connectivity index (χ4v) is 3.24. The highest BCUT2D eigenvalue weighted by molar-refractivity contribution is 5.79. The van der Waals surface area contributed by atoms with Gasteiger partial charge in [-0.1, -0.05) is 0 Å². The van der Waals surface area contributed by atoms with E-state index in [1.807, 2.05) is 12.1 Å². The highest BCUT2D eigenvalue weighted by Crippen LogP contribution is 2.14. The second-order valence-corrected chi connectivity index (χ2v) is 6.67. The molecule has 0 bridgehead atoms. The Bertz CT molecular complexity index is 492. The van der Waals surface area contributed by atoms with Gasteiger partial charge in [0.1, 0.15) is 5.76 Å². The molecule has 24 heavy (non-hydrogen) atoms. The molecular weight excluding hydrogens is 306 g/mol. The van der Waals surface area contributed by atoms with Crippen molar-refractivity contribution in [3.63, 3.8) is 0 Å². The minimum atomic E-state index is 0.273. The molecule has 2 unspecified atom stereocenters. The van der Waals surface area contributed by atoms with Gasteiger partial charge in [-0.25, -0.2) is 0 Å². The summed E-state index contributed by atoms with van der Waals surface area (Å²) < 4.78 is 16.6. The summed E-state index contributed by atoms with van der Waals surface area (Å²) in [4.78, 5) is 7.02. The first kappa shape index (κ1) is 17.3. The first-order valence-electron chi connectivity index (χ1n) is 9.02. The quantitative estimate of drug-likeness (QED) is 0.609. The average Bonchev–Trinajstić information content (AvgIpc) is 3.32. The van der Waals surface area contributed by atoms with Gasteiger partial charge in [0.05, 0.1) is 25.5 Å². The lowest BCUT2D eigenvalue weighted by molar-refractivity contribution is 0.117. The van der Waals surface area contributed by atoms with Crippen molar-refractivity contribution < 1.29 is 13.9 Å². The molecule has 2 atom stereocenters. The fraction of sp³-hybridized carbons (Fsp3) is 0.722. The molecule has 2 aliphatic heterocycles. The summed E-state index contributed by atoms with van der Waals surface area (Å²) in [6.45, 7) is 5.12. The number of hydrogen-bond acceptors (Lipinski definition) is 4. The Morgan fingerprint density at radius 3 is 3.04 bits per heavy atom. The van der Waals surface area contributed by atoms with Gasteiger partial charge in [0.2, 0.25) is 0 Å². The van der Waals surface area contributed by atoms with Crippen LogP contribution in [0.4, 0.5) is 0 Å². The number of guanidine groups is 1. The lowest BCUT2D eigenvalue weighted by atomic mass is 10.1. The normalized spacial score (nSPS) is 24.5. The number of rotatable bonds is 7. The smallest absolute Gasteiger partial charge is 0.193 e. The van der Waals surface area contributed by atoms with Gasteiger partial charge >= 0.3 is 0 Å². The van der Waals surface area contributed by atoms with Crippen molar-refractivity contribution >= 4 is 5.96 Å². The summed E-state index contributed by atoms with van der Waals surface area (Å²) in [5.74, 6) is 2.53. The molecule has 6 heteroatoms. The Balaban J connectivity index is 1.52. The number of aliphatic imine (C=N–C) groups is 1. The number of hydrogen-bond donors (Lipinski definition) is 1. The van der Waals surface area contributed by atoms with Gasteiger partial charge in [-0.3, -0.25) is 4.99 Å². The summed E-state index contributed by atoms with van der Waals surface area (Å²) in [5, 5.41) is 3.48. The molecule has 2 aliphatic rings. The topological polar surface area (TPSA) is 59.2 Å². The van der Waals surface area contributed by atoms with E-state index >= 15 is 0 Å².